The lowest BCUT2D eigenvalue weighted by molar-refractivity contribution is 0.0458. The molecule has 202 valence electrons. The highest BCUT2D eigenvalue weighted by molar-refractivity contribution is 6.89. The van der Waals surface area contributed by atoms with Crippen LogP contribution >= 0.6 is 0 Å². The van der Waals surface area contributed by atoms with Crippen LogP contribution in [-0.4, -0.2) is 92.8 Å². The fourth-order valence-electron chi connectivity index (χ4n) is 3.89. The molecule has 0 aromatic rings. The minimum absolute atomic E-state index is 0.250. The van der Waals surface area contributed by atoms with Crippen molar-refractivity contribution < 1.29 is 40.8 Å². The Hall–Kier alpha value is -0.102. The zero-order valence-corrected chi connectivity index (χ0v) is 26.8. The highest BCUT2D eigenvalue weighted by Crippen LogP contribution is 2.30. The lowest BCUT2D eigenvalue weighted by Crippen LogP contribution is -2.58. The molecule has 0 aliphatic carbocycles. The number of carbonyl (C=O) groups excluding carboxylic acids is 1. The van der Waals surface area contributed by atoms with Gasteiger partial charge in [-0.3, -0.25) is 0 Å². The van der Waals surface area contributed by atoms with Crippen LogP contribution < -0.4 is 0 Å². The molecule has 0 radical (unpaired) electrons. The third kappa shape index (κ3) is 15.1. The van der Waals surface area contributed by atoms with E-state index in [2.05, 4.69) is 52.4 Å². The van der Waals surface area contributed by atoms with Gasteiger partial charge in [0.2, 0.25) is 0 Å². The molecule has 0 aromatic carbocycles. The molecule has 1 fully saturated rings. The Morgan fingerprint density at radius 3 is 1.74 bits per heavy atom. The number of methoxy groups -OCH3 is 1. The van der Waals surface area contributed by atoms with Crippen molar-refractivity contribution in [2.45, 2.75) is 83.4 Å². The summed E-state index contributed by atoms with van der Waals surface area (Å²) in [7, 11) is -7.00. The lowest BCUT2D eigenvalue weighted by atomic mass is 10.4. The van der Waals surface area contributed by atoms with E-state index < -0.39 is 39.9 Å². The standard InChI is InChI=1S/C21H48O9Si4/c1-23-14-15-24-12-10-16-33(8,28-31(2,3)4)30-34(9,29-32(5,6)7)17-11-13-25-18-20-19-26-21(22)27-20/h20H,10-19H2,1-9H3. The Balaban J connectivity index is 2.72. The molecule has 0 bridgehead atoms. The fraction of sp³-hybridized carbons (Fsp3) is 0.952. The summed E-state index contributed by atoms with van der Waals surface area (Å²) in [5, 5.41) is 0. The van der Waals surface area contributed by atoms with Crippen molar-refractivity contribution in [2.24, 2.45) is 0 Å². The average Bonchev–Trinajstić information content (AvgIpc) is 3.06. The summed E-state index contributed by atoms with van der Waals surface area (Å²) in [5.41, 5.74) is 0. The van der Waals surface area contributed by atoms with Gasteiger partial charge in [0.05, 0.1) is 19.8 Å². The summed E-state index contributed by atoms with van der Waals surface area (Å²) >= 11 is 0. The van der Waals surface area contributed by atoms with Crippen molar-refractivity contribution in [1.82, 2.24) is 0 Å². The maximum atomic E-state index is 11.0. The van der Waals surface area contributed by atoms with Crippen molar-refractivity contribution in [2.75, 3.05) is 46.8 Å². The zero-order valence-electron chi connectivity index (χ0n) is 22.8. The van der Waals surface area contributed by atoms with Gasteiger partial charge in [-0.05, 0) is 77.3 Å². The molecule has 3 unspecified atom stereocenters. The number of hydrogen-bond donors (Lipinski definition) is 0. The topological polar surface area (TPSA) is 90.9 Å². The van der Waals surface area contributed by atoms with E-state index in [0.717, 1.165) is 24.9 Å². The molecule has 1 heterocycles. The first-order chi connectivity index (χ1) is 15.7. The van der Waals surface area contributed by atoms with Gasteiger partial charge in [-0.15, -0.1) is 0 Å². The second-order valence-corrected chi connectivity index (χ2v) is 27.4. The van der Waals surface area contributed by atoms with Gasteiger partial charge in [-0.25, -0.2) is 4.79 Å². The third-order valence-corrected chi connectivity index (χ3v) is 19.0. The molecule has 1 aliphatic heterocycles. The van der Waals surface area contributed by atoms with Crippen molar-refractivity contribution in [3.63, 3.8) is 0 Å². The van der Waals surface area contributed by atoms with Gasteiger partial charge in [0.25, 0.3) is 0 Å². The van der Waals surface area contributed by atoms with E-state index in [1.165, 1.54) is 0 Å². The summed E-state index contributed by atoms with van der Waals surface area (Å²) in [6, 6.07) is 1.69. The van der Waals surface area contributed by atoms with E-state index in [-0.39, 0.29) is 12.7 Å². The molecule has 9 nitrogen and oxygen atoms in total. The van der Waals surface area contributed by atoms with Crippen LogP contribution in [0.1, 0.15) is 12.8 Å². The minimum atomic E-state index is -2.52. The van der Waals surface area contributed by atoms with E-state index in [1.54, 1.807) is 7.11 Å². The number of rotatable bonds is 19. The van der Waals surface area contributed by atoms with Crippen LogP contribution in [0, 0.1) is 0 Å². The highest BCUT2D eigenvalue weighted by atomic mass is 28.5. The summed E-state index contributed by atoms with van der Waals surface area (Å²) in [5.74, 6) is 0. The number of ether oxygens (including phenoxy) is 5. The van der Waals surface area contributed by atoms with Crippen molar-refractivity contribution in [1.29, 1.82) is 0 Å². The van der Waals surface area contributed by atoms with Crippen LogP contribution in [-0.2, 0) is 36.0 Å². The van der Waals surface area contributed by atoms with E-state index in [1.807, 2.05) is 0 Å². The molecular formula is C21H48O9Si4. The molecule has 34 heavy (non-hydrogen) atoms. The van der Waals surface area contributed by atoms with Crippen LogP contribution in [0.4, 0.5) is 4.79 Å². The molecule has 3 atom stereocenters. The smallest absolute Gasteiger partial charge is 0.437 e. The SMILES string of the molecule is COCCOCCC[Si](C)(O[Si](C)(C)C)O[Si](C)(CCCOCC1COC(=O)O1)O[Si](C)(C)C. The Kier molecular flexibility index (Phi) is 13.7. The molecule has 0 aromatic heterocycles. The van der Waals surface area contributed by atoms with Crippen molar-refractivity contribution in [3.8, 4) is 0 Å². The first-order valence-electron chi connectivity index (χ1n) is 12.2. The number of hydrogen-bond acceptors (Lipinski definition) is 9. The van der Waals surface area contributed by atoms with E-state index >= 15 is 0 Å². The van der Waals surface area contributed by atoms with Crippen molar-refractivity contribution in [3.05, 3.63) is 0 Å². The zero-order chi connectivity index (χ0) is 25.9. The predicted octanol–water partition coefficient (Wildman–Crippen LogP) is 4.85. The van der Waals surface area contributed by atoms with Crippen LogP contribution in [0.3, 0.4) is 0 Å². The largest absolute Gasteiger partial charge is 0.508 e. The summed E-state index contributed by atoms with van der Waals surface area (Å²) in [4.78, 5) is 11.0. The molecular weight excluding hydrogens is 509 g/mol. The molecule has 1 aliphatic rings. The Morgan fingerprint density at radius 2 is 1.29 bits per heavy atom. The van der Waals surface area contributed by atoms with E-state index in [0.29, 0.717) is 33.0 Å². The lowest BCUT2D eigenvalue weighted by Gasteiger charge is -2.43. The number of carbonyl (C=O) groups is 1. The van der Waals surface area contributed by atoms with Crippen LogP contribution in [0.15, 0.2) is 0 Å². The summed E-state index contributed by atoms with van der Waals surface area (Å²) in [6.07, 6.45) is 0.755. The Bertz CT molecular complexity index is 600. The van der Waals surface area contributed by atoms with Gasteiger partial charge >= 0.3 is 23.3 Å². The Morgan fingerprint density at radius 1 is 0.765 bits per heavy atom. The second-order valence-electron chi connectivity index (χ2n) is 11.0. The first kappa shape index (κ1) is 31.9. The molecule has 0 spiro atoms. The molecule has 0 amide bonds. The predicted molar refractivity (Wildman–Crippen MR) is 142 cm³/mol. The average molecular weight is 557 g/mol. The van der Waals surface area contributed by atoms with Gasteiger partial charge in [0, 0.05) is 20.3 Å². The van der Waals surface area contributed by atoms with Gasteiger partial charge in [-0.1, -0.05) is 0 Å². The van der Waals surface area contributed by atoms with Crippen molar-refractivity contribution >= 4 is 39.9 Å². The Labute approximate surface area is 210 Å². The molecule has 0 N–H and O–H groups in total. The van der Waals surface area contributed by atoms with Gasteiger partial charge < -0.3 is 36.0 Å². The molecule has 1 rings (SSSR count). The molecule has 0 saturated carbocycles. The number of cyclic esters (lactones) is 2. The fourth-order valence-corrected chi connectivity index (χ4v) is 22.2. The normalized spacial score (nSPS) is 20.5. The maximum absolute atomic E-state index is 11.0. The third-order valence-electron chi connectivity index (χ3n) is 4.70. The maximum Gasteiger partial charge on any atom is 0.508 e. The van der Waals surface area contributed by atoms with E-state index in [4.69, 9.17) is 36.0 Å². The summed E-state index contributed by atoms with van der Waals surface area (Å²) < 4.78 is 46.7. The van der Waals surface area contributed by atoms with Gasteiger partial charge in [0.1, 0.15) is 6.61 Å². The van der Waals surface area contributed by atoms with Gasteiger partial charge in [-0.2, -0.15) is 0 Å². The van der Waals surface area contributed by atoms with Crippen LogP contribution in [0.2, 0.25) is 64.5 Å². The second kappa shape index (κ2) is 14.6. The quantitative estimate of drug-likeness (QED) is 0.126. The van der Waals surface area contributed by atoms with Gasteiger partial charge in [0.15, 0.2) is 22.7 Å². The monoisotopic (exact) mass is 556 g/mol. The summed E-state index contributed by atoms with van der Waals surface area (Å²) in [6.45, 7) is 20.6. The molecule has 13 heteroatoms. The minimum Gasteiger partial charge on any atom is -0.437 e. The van der Waals surface area contributed by atoms with E-state index in [9.17, 15) is 4.79 Å². The first-order valence-corrected chi connectivity index (χ1v) is 24.1. The molecule has 1 saturated heterocycles. The van der Waals surface area contributed by atoms with Crippen LogP contribution in [0.25, 0.3) is 0 Å². The highest BCUT2D eigenvalue weighted by Gasteiger charge is 2.46. The van der Waals surface area contributed by atoms with Crippen LogP contribution in [0.5, 0.6) is 0 Å².